The van der Waals surface area contributed by atoms with Crippen LogP contribution < -0.4 is 21.5 Å². The van der Waals surface area contributed by atoms with Crippen molar-refractivity contribution in [3.63, 3.8) is 0 Å². The zero-order chi connectivity index (χ0) is 17.1. The number of rotatable bonds is 4. The van der Waals surface area contributed by atoms with Gasteiger partial charge in [0.05, 0.1) is 6.54 Å². The number of amides is 2. The number of hydrogen-bond donors (Lipinski definition) is 4. The van der Waals surface area contributed by atoms with Gasteiger partial charge >= 0.3 is 0 Å². The van der Waals surface area contributed by atoms with Crippen LogP contribution in [0.15, 0.2) is 18.2 Å². The summed E-state index contributed by atoms with van der Waals surface area (Å²) in [5.74, 6) is -2.19. The van der Waals surface area contributed by atoms with Gasteiger partial charge in [0.15, 0.2) is 0 Å². The van der Waals surface area contributed by atoms with E-state index in [1.165, 1.54) is 0 Å². The molecule has 1 aromatic rings. The highest BCUT2D eigenvalue weighted by atomic mass is 19.1. The average molecular weight is 338 g/mol. The Morgan fingerprint density at radius 2 is 1.92 bits per heavy atom. The van der Waals surface area contributed by atoms with E-state index in [0.717, 1.165) is 37.9 Å². The minimum atomic E-state index is -0.836. The molecule has 3 atom stereocenters. The summed E-state index contributed by atoms with van der Waals surface area (Å²) in [7, 11) is 0. The first-order chi connectivity index (χ1) is 11.5. The number of hydrazine groups is 1. The summed E-state index contributed by atoms with van der Waals surface area (Å²) in [6, 6.07) is 2.74. The lowest BCUT2D eigenvalue weighted by Crippen LogP contribution is -2.54. The van der Waals surface area contributed by atoms with Crippen LogP contribution >= 0.6 is 0 Å². The SMILES string of the molecule is O=C(CNC(=O)c1cc(F)cc(F)c1)NC1CCCC2CNNC21. The van der Waals surface area contributed by atoms with Crippen LogP contribution in [0.25, 0.3) is 0 Å². The molecular weight excluding hydrogens is 318 g/mol. The number of carbonyl (C=O) groups is 2. The van der Waals surface area contributed by atoms with Gasteiger partial charge in [-0.2, -0.15) is 0 Å². The van der Waals surface area contributed by atoms with Crippen molar-refractivity contribution in [3.8, 4) is 0 Å². The lowest BCUT2D eigenvalue weighted by atomic mass is 9.82. The molecule has 4 N–H and O–H groups in total. The Morgan fingerprint density at radius 1 is 1.17 bits per heavy atom. The number of benzene rings is 1. The summed E-state index contributed by atoms with van der Waals surface area (Å²) in [6.07, 6.45) is 3.05. The molecule has 130 valence electrons. The number of halogens is 2. The monoisotopic (exact) mass is 338 g/mol. The molecule has 1 aliphatic carbocycles. The maximum absolute atomic E-state index is 13.1. The van der Waals surface area contributed by atoms with Gasteiger partial charge in [0.1, 0.15) is 11.6 Å². The topological polar surface area (TPSA) is 82.3 Å². The van der Waals surface area contributed by atoms with Gasteiger partial charge in [-0.15, -0.1) is 0 Å². The first kappa shape index (κ1) is 16.8. The van der Waals surface area contributed by atoms with E-state index in [9.17, 15) is 18.4 Å². The number of carbonyl (C=O) groups excluding carboxylic acids is 2. The summed E-state index contributed by atoms with van der Waals surface area (Å²) in [5, 5.41) is 5.30. The molecule has 1 aromatic carbocycles. The largest absolute Gasteiger partial charge is 0.350 e. The predicted octanol–water partition coefficient (Wildman–Crippen LogP) is 0.456. The lowest BCUT2D eigenvalue weighted by molar-refractivity contribution is -0.121. The van der Waals surface area contributed by atoms with Gasteiger partial charge in [0.25, 0.3) is 5.91 Å². The van der Waals surface area contributed by atoms with Crippen molar-refractivity contribution >= 4 is 11.8 Å². The number of nitrogens with one attached hydrogen (secondary N) is 4. The number of hydrogen-bond acceptors (Lipinski definition) is 4. The van der Waals surface area contributed by atoms with Gasteiger partial charge < -0.3 is 10.6 Å². The van der Waals surface area contributed by atoms with Crippen LogP contribution in [0.4, 0.5) is 8.78 Å². The molecule has 1 saturated heterocycles. The average Bonchev–Trinajstić information content (AvgIpc) is 3.01. The molecule has 3 unspecified atom stereocenters. The highest BCUT2D eigenvalue weighted by molar-refractivity contribution is 5.96. The number of fused-ring (bicyclic) bond motifs is 1. The second-order valence-electron chi connectivity index (χ2n) is 6.26. The van der Waals surface area contributed by atoms with Crippen molar-refractivity contribution in [2.24, 2.45) is 5.92 Å². The lowest BCUT2D eigenvalue weighted by Gasteiger charge is -2.33. The van der Waals surface area contributed by atoms with Gasteiger partial charge in [-0.05, 0) is 30.9 Å². The first-order valence-corrected chi connectivity index (χ1v) is 8.05. The molecule has 6 nitrogen and oxygen atoms in total. The summed E-state index contributed by atoms with van der Waals surface area (Å²) in [5.41, 5.74) is 6.14. The molecular formula is C16H20F2N4O2. The van der Waals surface area contributed by atoms with E-state index in [4.69, 9.17) is 0 Å². The molecule has 1 saturated carbocycles. The van der Waals surface area contributed by atoms with Gasteiger partial charge in [-0.3, -0.25) is 20.4 Å². The summed E-state index contributed by atoms with van der Waals surface area (Å²) < 4.78 is 26.2. The Bertz CT molecular complexity index is 620. The predicted molar refractivity (Wildman–Crippen MR) is 82.9 cm³/mol. The van der Waals surface area contributed by atoms with Crippen LogP contribution in [0.1, 0.15) is 29.6 Å². The van der Waals surface area contributed by atoms with Crippen molar-refractivity contribution in [2.75, 3.05) is 13.1 Å². The third kappa shape index (κ3) is 3.88. The van der Waals surface area contributed by atoms with E-state index in [2.05, 4.69) is 21.5 Å². The molecule has 1 aliphatic heterocycles. The molecule has 8 heteroatoms. The smallest absolute Gasteiger partial charge is 0.251 e. The third-order valence-corrected chi connectivity index (χ3v) is 4.55. The summed E-state index contributed by atoms with van der Waals surface area (Å²) in [6.45, 7) is 0.650. The fraction of sp³-hybridized carbons (Fsp3) is 0.500. The molecule has 2 aliphatic rings. The zero-order valence-electron chi connectivity index (χ0n) is 13.1. The minimum absolute atomic E-state index is 0.00904. The van der Waals surface area contributed by atoms with E-state index < -0.39 is 17.5 Å². The Hall–Kier alpha value is -2.06. The summed E-state index contributed by atoms with van der Waals surface area (Å²) >= 11 is 0. The Morgan fingerprint density at radius 3 is 2.67 bits per heavy atom. The van der Waals surface area contributed by atoms with E-state index in [0.29, 0.717) is 12.0 Å². The van der Waals surface area contributed by atoms with Crippen molar-refractivity contribution in [1.29, 1.82) is 0 Å². The van der Waals surface area contributed by atoms with Crippen molar-refractivity contribution < 1.29 is 18.4 Å². The standard InChI is InChI=1S/C16H20F2N4O2/c17-11-4-10(5-12(18)6-11)16(24)19-8-14(23)21-13-3-1-2-9-7-20-22-15(9)13/h4-6,9,13,15,20,22H,1-3,7-8H2,(H,19,24)(H,21,23). The van der Waals surface area contributed by atoms with Crippen LogP contribution in [-0.2, 0) is 4.79 Å². The molecule has 0 spiro atoms. The summed E-state index contributed by atoms with van der Waals surface area (Å²) in [4.78, 5) is 23.9. The second-order valence-corrected chi connectivity index (χ2v) is 6.26. The van der Waals surface area contributed by atoms with Crippen LogP contribution in [0.5, 0.6) is 0 Å². The highest BCUT2D eigenvalue weighted by Gasteiger charge is 2.37. The molecule has 0 radical (unpaired) electrons. The normalized spacial score (nSPS) is 25.8. The maximum atomic E-state index is 13.1. The Labute approximate surface area is 138 Å². The van der Waals surface area contributed by atoms with Gasteiger partial charge in [-0.1, -0.05) is 6.42 Å². The van der Waals surface area contributed by atoms with Crippen molar-refractivity contribution in [1.82, 2.24) is 21.5 Å². The molecule has 2 amide bonds. The molecule has 3 rings (SSSR count). The minimum Gasteiger partial charge on any atom is -0.350 e. The highest BCUT2D eigenvalue weighted by Crippen LogP contribution is 2.26. The van der Waals surface area contributed by atoms with E-state index in [-0.39, 0.29) is 30.1 Å². The molecule has 24 heavy (non-hydrogen) atoms. The molecule has 0 bridgehead atoms. The van der Waals surface area contributed by atoms with Gasteiger partial charge in [-0.25, -0.2) is 8.78 Å². The van der Waals surface area contributed by atoms with Crippen LogP contribution in [0.3, 0.4) is 0 Å². The molecule has 1 heterocycles. The third-order valence-electron chi connectivity index (χ3n) is 4.55. The van der Waals surface area contributed by atoms with Crippen LogP contribution in [0.2, 0.25) is 0 Å². The van der Waals surface area contributed by atoms with E-state index in [1.54, 1.807) is 0 Å². The fourth-order valence-electron chi connectivity index (χ4n) is 3.41. The van der Waals surface area contributed by atoms with Crippen molar-refractivity contribution in [2.45, 2.75) is 31.3 Å². The van der Waals surface area contributed by atoms with E-state index in [1.807, 2.05) is 0 Å². The van der Waals surface area contributed by atoms with E-state index >= 15 is 0 Å². The fourth-order valence-corrected chi connectivity index (χ4v) is 3.41. The molecule has 2 fully saturated rings. The molecule has 0 aromatic heterocycles. The Balaban J connectivity index is 1.51. The van der Waals surface area contributed by atoms with Crippen molar-refractivity contribution in [3.05, 3.63) is 35.4 Å². The first-order valence-electron chi connectivity index (χ1n) is 8.05. The van der Waals surface area contributed by atoms with Crippen LogP contribution in [-0.4, -0.2) is 37.0 Å². The quantitative estimate of drug-likeness (QED) is 0.643. The van der Waals surface area contributed by atoms with Gasteiger partial charge in [0, 0.05) is 30.3 Å². The second kappa shape index (κ2) is 7.23. The van der Waals surface area contributed by atoms with Gasteiger partial charge in [0.2, 0.25) is 5.91 Å². The zero-order valence-corrected chi connectivity index (χ0v) is 13.1. The van der Waals surface area contributed by atoms with Crippen LogP contribution in [0, 0.1) is 17.6 Å². The maximum Gasteiger partial charge on any atom is 0.251 e. The Kier molecular flexibility index (Phi) is 5.06.